The lowest BCUT2D eigenvalue weighted by atomic mass is 9.98. The highest BCUT2D eigenvalue weighted by atomic mass is 19.2. The highest BCUT2D eigenvalue weighted by Crippen LogP contribution is 2.35. The molecule has 4 aromatic rings. The SMILES string of the molecule is O=C(c1c(F)c(F)c(F)c(F)c1F)c1c(F)c(F)c(F)c(F)c1Nc1ccc(Nc2ccccc2)cc1. The number of hydrogen-bond acceptors (Lipinski definition) is 3. The van der Waals surface area contributed by atoms with Crippen LogP contribution in [0.15, 0.2) is 54.6 Å². The summed E-state index contributed by atoms with van der Waals surface area (Å²) >= 11 is 0. The van der Waals surface area contributed by atoms with E-state index in [-0.39, 0.29) is 5.69 Å². The fourth-order valence-electron chi connectivity index (χ4n) is 3.36. The molecule has 0 heterocycles. The van der Waals surface area contributed by atoms with Crippen LogP contribution in [0.2, 0.25) is 0 Å². The van der Waals surface area contributed by atoms with Gasteiger partial charge in [-0.1, -0.05) is 18.2 Å². The fourth-order valence-corrected chi connectivity index (χ4v) is 3.36. The molecule has 0 aromatic heterocycles. The third-order valence-corrected chi connectivity index (χ3v) is 5.15. The standard InChI is InChI=1S/C25H11F9N2O/c26-15-13(16(27)19(30)21(32)18(15)29)25(37)14-17(28)20(31)22(33)23(34)24(14)36-12-8-6-11(7-9-12)35-10-4-2-1-3-5-10/h1-9,35-36H. The van der Waals surface area contributed by atoms with E-state index in [0.29, 0.717) is 11.4 Å². The van der Waals surface area contributed by atoms with Crippen molar-refractivity contribution in [3.8, 4) is 0 Å². The Morgan fingerprint density at radius 2 is 0.811 bits per heavy atom. The zero-order valence-electron chi connectivity index (χ0n) is 18.0. The van der Waals surface area contributed by atoms with E-state index in [9.17, 15) is 44.3 Å². The predicted molar refractivity (Wildman–Crippen MR) is 115 cm³/mol. The summed E-state index contributed by atoms with van der Waals surface area (Å²) in [6.45, 7) is 0. The Labute approximate surface area is 202 Å². The Bertz CT molecular complexity index is 1500. The highest BCUT2D eigenvalue weighted by Gasteiger charge is 2.36. The van der Waals surface area contributed by atoms with Crippen molar-refractivity contribution in [3.05, 3.63) is 118 Å². The van der Waals surface area contributed by atoms with E-state index in [1.54, 1.807) is 30.3 Å². The van der Waals surface area contributed by atoms with E-state index in [2.05, 4.69) is 10.6 Å². The van der Waals surface area contributed by atoms with Crippen molar-refractivity contribution in [2.24, 2.45) is 0 Å². The lowest BCUT2D eigenvalue weighted by molar-refractivity contribution is 0.102. The molecule has 0 unspecified atom stereocenters. The summed E-state index contributed by atoms with van der Waals surface area (Å²) in [7, 11) is 0. The van der Waals surface area contributed by atoms with Crippen LogP contribution in [0.3, 0.4) is 0 Å². The van der Waals surface area contributed by atoms with E-state index < -0.39 is 75.0 Å². The molecule has 12 heteroatoms. The van der Waals surface area contributed by atoms with Gasteiger partial charge >= 0.3 is 0 Å². The Balaban J connectivity index is 1.79. The number of para-hydroxylation sites is 1. The number of hydrogen-bond donors (Lipinski definition) is 2. The molecule has 0 bridgehead atoms. The van der Waals surface area contributed by atoms with Gasteiger partial charge in [-0.3, -0.25) is 4.79 Å². The van der Waals surface area contributed by atoms with Crippen LogP contribution in [0.4, 0.5) is 62.3 Å². The zero-order valence-corrected chi connectivity index (χ0v) is 18.0. The number of halogens is 9. The summed E-state index contributed by atoms with van der Waals surface area (Å²) in [6, 6.07) is 14.0. The van der Waals surface area contributed by atoms with Crippen molar-refractivity contribution in [2.75, 3.05) is 10.6 Å². The highest BCUT2D eigenvalue weighted by molar-refractivity contribution is 6.13. The van der Waals surface area contributed by atoms with E-state index in [1.807, 2.05) is 0 Å². The van der Waals surface area contributed by atoms with Crippen molar-refractivity contribution in [1.29, 1.82) is 0 Å². The predicted octanol–water partition coefficient (Wildman–Crippen LogP) is 7.66. The Morgan fingerprint density at radius 3 is 1.32 bits per heavy atom. The molecule has 0 fully saturated rings. The first-order valence-corrected chi connectivity index (χ1v) is 10.1. The number of nitrogens with one attached hydrogen (secondary N) is 2. The van der Waals surface area contributed by atoms with Gasteiger partial charge in [0.05, 0.1) is 11.3 Å². The molecular weight excluding hydrogens is 515 g/mol. The van der Waals surface area contributed by atoms with Gasteiger partial charge in [-0.15, -0.1) is 0 Å². The number of ketones is 1. The summed E-state index contributed by atoms with van der Waals surface area (Å²) in [6.07, 6.45) is 0. The maximum atomic E-state index is 14.7. The van der Waals surface area contributed by atoms with Crippen LogP contribution in [0, 0.1) is 52.4 Å². The topological polar surface area (TPSA) is 41.1 Å². The van der Waals surface area contributed by atoms with E-state index in [1.165, 1.54) is 24.3 Å². The summed E-state index contributed by atoms with van der Waals surface area (Å²) in [5.74, 6) is -24.9. The van der Waals surface area contributed by atoms with Gasteiger partial charge < -0.3 is 10.6 Å². The number of anilines is 4. The van der Waals surface area contributed by atoms with Crippen LogP contribution < -0.4 is 10.6 Å². The fraction of sp³-hybridized carbons (Fsp3) is 0. The molecular formula is C25H11F9N2O. The molecule has 2 N–H and O–H groups in total. The number of carbonyl (C=O) groups is 1. The van der Waals surface area contributed by atoms with Crippen LogP contribution in [-0.2, 0) is 0 Å². The van der Waals surface area contributed by atoms with Gasteiger partial charge in [0.25, 0.3) is 0 Å². The van der Waals surface area contributed by atoms with Gasteiger partial charge in [0.15, 0.2) is 46.5 Å². The molecule has 0 spiro atoms. The summed E-state index contributed by atoms with van der Waals surface area (Å²) in [5.41, 5.74) is -4.42. The third kappa shape index (κ3) is 4.57. The summed E-state index contributed by atoms with van der Waals surface area (Å²) in [5, 5.41) is 5.09. The lowest BCUT2D eigenvalue weighted by Crippen LogP contribution is -2.18. The summed E-state index contributed by atoms with van der Waals surface area (Å²) in [4.78, 5) is 12.7. The van der Waals surface area contributed by atoms with Gasteiger partial charge in [-0.2, -0.15) is 0 Å². The molecule has 0 aliphatic carbocycles. The maximum absolute atomic E-state index is 14.7. The second-order valence-corrected chi connectivity index (χ2v) is 7.47. The first-order chi connectivity index (χ1) is 17.5. The van der Waals surface area contributed by atoms with Gasteiger partial charge in [-0.05, 0) is 36.4 Å². The molecule has 0 aliphatic heterocycles. The Morgan fingerprint density at radius 1 is 0.432 bits per heavy atom. The van der Waals surface area contributed by atoms with Crippen LogP contribution in [0.5, 0.6) is 0 Å². The maximum Gasteiger partial charge on any atom is 0.204 e. The molecule has 0 saturated heterocycles. The van der Waals surface area contributed by atoms with Crippen LogP contribution in [0.1, 0.15) is 15.9 Å². The van der Waals surface area contributed by atoms with Gasteiger partial charge in [0.1, 0.15) is 5.56 Å². The lowest BCUT2D eigenvalue weighted by Gasteiger charge is -2.16. The Hall–Kier alpha value is -4.48. The quantitative estimate of drug-likeness (QED) is 0.117. The van der Waals surface area contributed by atoms with Crippen molar-refractivity contribution in [3.63, 3.8) is 0 Å². The second kappa shape index (κ2) is 9.88. The van der Waals surface area contributed by atoms with Gasteiger partial charge in [0, 0.05) is 17.1 Å². The number of carbonyl (C=O) groups excluding carboxylic acids is 1. The minimum atomic E-state index is -2.64. The van der Waals surface area contributed by atoms with Gasteiger partial charge in [-0.25, -0.2) is 39.5 Å². The van der Waals surface area contributed by atoms with Crippen molar-refractivity contribution in [1.82, 2.24) is 0 Å². The first kappa shape index (κ1) is 25.6. The second-order valence-electron chi connectivity index (χ2n) is 7.47. The van der Waals surface area contributed by atoms with Crippen molar-refractivity contribution in [2.45, 2.75) is 0 Å². The Kier molecular flexibility index (Phi) is 6.84. The zero-order chi connectivity index (χ0) is 27.0. The third-order valence-electron chi connectivity index (χ3n) is 5.15. The monoisotopic (exact) mass is 526 g/mol. The summed E-state index contributed by atoms with van der Waals surface area (Å²) < 4.78 is 126. The van der Waals surface area contributed by atoms with Gasteiger partial charge in [0.2, 0.25) is 11.6 Å². The van der Waals surface area contributed by atoms with E-state index >= 15 is 0 Å². The average molecular weight is 526 g/mol. The molecule has 3 nitrogen and oxygen atoms in total. The normalized spacial score (nSPS) is 10.9. The smallest absolute Gasteiger partial charge is 0.204 e. The largest absolute Gasteiger partial charge is 0.356 e. The van der Waals surface area contributed by atoms with E-state index in [4.69, 9.17) is 0 Å². The molecule has 0 amide bonds. The molecule has 190 valence electrons. The number of rotatable bonds is 6. The molecule has 0 saturated carbocycles. The minimum absolute atomic E-state index is 0.144. The number of benzene rings is 4. The van der Waals surface area contributed by atoms with Crippen molar-refractivity contribution < 1.29 is 44.3 Å². The molecule has 0 radical (unpaired) electrons. The molecule has 37 heavy (non-hydrogen) atoms. The molecule has 4 aromatic carbocycles. The molecule has 0 atom stereocenters. The van der Waals surface area contributed by atoms with Crippen LogP contribution in [-0.4, -0.2) is 5.78 Å². The first-order valence-electron chi connectivity index (χ1n) is 10.1. The molecule has 4 rings (SSSR count). The van der Waals surface area contributed by atoms with Crippen molar-refractivity contribution >= 4 is 28.5 Å². The molecule has 0 aliphatic rings. The average Bonchev–Trinajstić information content (AvgIpc) is 2.90. The minimum Gasteiger partial charge on any atom is -0.356 e. The van der Waals surface area contributed by atoms with Crippen LogP contribution in [0.25, 0.3) is 0 Å². The van der Waals surface area contributed by atoms with Crippen LogP contribution >= 0.6 is 0 Å². The van der Waals surface area contributed by atoms with E-state index in [0.717, 1.165) is 0 Å².